The zero-order chi connectivity index (χ0) is 14.4. The van der Waals surface area contributed by atoms with Crippen molar-refractivity contribution in [3.8, 4) is 5.75 Å². The lowest BCUT2D eigenvalue weighted by molar-refractivity contribution is 0.0387. The van der Waals surface area contributed by atoms with Gasteiger partial charge in [0.05, 0.1) is 19.8 Å². The lowest BCUT2D eigenvalue weighted by Crippen LogP contribution is -2.13. The first-order chi connectivity index (χ1) is 8.93. The first-order valence-electron chi connectivity index (χ1n) is 6.52. The summed E-state index contributed by atoms with van der Waals surface area (Å²) in [6.45, 7) is 6.97. The molecule has 4 heteroatoms. The third-order valence-corrected chi connectivity index (χ3v) is 3.13. The predicted octanol–water partition coefficient (Wildman–Crippen LogP) is 3.28. The molecule has 3 nitrogen and oxygen atoms in total. The van der Waals surface area contributed by atoms with Crippen molar-refractivity contribution in [2.45, 2.75) is 39.9 Å². The van der Waals surface area contributed by atoms with Gasteiger partial charge < -0.3 is 15.2 Å². The van der Waals surface area contributed by atoms with Gasteiger partial charge in [0, 0.05) is 11.1 Å². The van der Waals surface area contributed by atoms with E-state index in [1.807, 2.05) is 18.2 Å². The van der Waals surface area contributed by atoms with Gasteiger partial charge >= 0.3 is 0 Å². The Morgan fingerprint density at radius 3 is 2.53 bits per heavy atom. The highest BCUT2D eigenvalue weighted by molar-refractivity contribution is 7.80. The monoisotopic (exact) mass is 281 g/mol. The number of nitrogens with two attached hydrogens (primary N) is 1. The molecule has 0 radical (unpaired) electrons. The van der Waals surface area contributed by atoms with E-state index in [1.54, 1.807) is 7.11 Å². The zero-order valence-corrected chi connectivity index (χ0v) is 12.9. The van der Waals surface area contributed by atoms with Gasteiger partial charge in [-0.15, -0.1) is 0 Å². The Balaban J connectivity index is 2.75. The van der Waals surface area contributed by atoms with Crippen molar-refractivity contribution >= 4 is 17.2 Å². The van der Waals surface area contributed by atoms with Crippen LogP contribution in [-0.4, -0.2) is 18.2 Å². The first-order valence-corrected chi connectivity index (χ1v) is 6.93. The average Bonchev–Trinajstić information content (AvgIpc) is 2.35. The van der Waals surface area contributed by atoms with E-state index in [0.29, 0.717) is 17.5 Å². The summed E-state index contributed by atoms with van der Waals surface area (Å²) in [5.41, 5.74) is 7.46. The maximum absolute atomic E-state index is 5.85. The van der Waals surface area contributed by atoms with Crippen LogP contribution in [0.15, 0.2) is 18.2 Å². The van der Waals surface area contributed by atoms with Gasteiger partial charge in [-0.1, -0.05) is 26.1 Å². The van der Waals surface area contributed by atoms with Crippen molar-refractivity contribution in [2.75, 3.05) is 7.11 Å². The van der Waals surface area contributed by atoms with Crippen molar-refractivity contribution in [3.05, 3.63) is 29.3 Å². The molecule has 0 aliphatic heterocycles. The molecule has 0 bridgehead atoms. The summed E-state index contributed by atoms with van der Waals surface area (Å²) in [7, 11) is 1.65. The maximum Gasteiger partial charge on any atom is 0.124 e. The van der Waals surface area contributed by atoms with E-state index in [0.717, 1.165) is 23.3 Å². The fourth-order valence-corrected chi connectivity index (χ4v) is 2.14. The Bertz CT molecular complexity index is 432. The van der Waals surface area contributed by atoms with Gasteiger partial charge in [0.15, 0.2) is 0 Å². The van der Waals surface area contributed by atoms with Crippen LogP contribution < -0.4 is 10.5 Å². The lowest BCUT2D eigenvalue weighted by atomic mass is 10.1. The molecular weight excluding hydrogens is 258 g/mol. The molecule has 0 aliphatic carbocycles. The Morgan fingerprint density at radius 2 is 2.00 bits per heavy atom. The second-order valence-corrected chi connectivity index (χ2v) is 5.58. The van der Waals surface area contributed by atoms with Gasteiger partial charge in [0.2, 0.25) is 0 Å². The van der Waals surface area contributed by atoms with Crippen LogP contribution in [0.2, 0.25) is 0 Å². The van der Waals surface area contributed by atoms with Crippen molar-refractivity contribution < 1.29 is 9.47 Å². The van der Waals surface area contributed by atoms with Crippen LogP contribution in [-0.2, 0) is 11.3 Å². The summed E-state index contributed by atoms with van der Waals surface area (Å²) in [6.07, 6.45) is 1.26. The highest BCUT2D eigenvalue weighted by Crippen LogP contribution is 2.22. The minimum Gasteiger partial charge on any atom is -0.496 e. The van der Waals surface area contributed by atoms with Crippen LogP contribution >= 0.6 is 12.2 Å². The van der Waals surface area contributed by atoms with Gasteiger partial charge in [0.1, 0.15) is 10.7 Å². The molecule has 0 saturated carbocycles. The number of methoxy groups -OCH3 is 1. The largest absolute Gasteiger partial charge is 0.496 e. The molecule has 2 N–H and O–H groups in total. The summed E-state index contributed by atoms with van der Waals surface area (Å²) in [4.78, 5) is 0.388. The van der Waals surface area contributed by atoms with Crippen LogP contribution in [0.5, 0.6) is 5.75 Å². The van der Waals surface area contributed by atoms with E-state index in [4.69, 9.17) is 27.4 Å². The van der Waals surface area contributed by atoms with Crippen LogP contribution in [0.25, 0.3) is 0 Å². The minimum absolute atomic E-state index is 0.221. The normalized spacial score (nSPS) is 12.5. The molecule has 0 aliphatic rings. The summed E-state index contributed by atoms with van der Waals surface area (Å²) in [5.74, 6) is 1.43. The molecule has 19 heavy (non-hydrogen) atoms. The Kier molecular flexibility index (Phi) is 6.25. The number of ether oxygens (including phenoxy) is 2. The van der Waals surface area contributed by atoms with E-state index in [-0.39, 0.29) is 6.10 Å². The molecule has 0 heterocycles. The molecule has 1 atom stereocenters. The Labute approximate surface area is 121 Å². The molecule has 0 aromatic heterocycles. The zero-order valence-electron chi connectivity index (χ0n) is 12.1. The Hall–Kier alpha value is -1.13. The second kappa shape index (κ2) is 7.46. The van der Waals surface area contributed by atoms with Crippen molar-refractivity contribution in [1.29, 1.82) is 0 Å². The smallest absolute Gasteiger partial charge is 0.124 e. The first kappa shape index (κ1) is 15.9. The molecule has 1 unspecified atom stereocenters. The summed E-state index contributed by atoms with van der Waals surface area (Å²) in [6, 6.07) is 5.67. The van der Waals surface area contributed by atoms with E-state index in [9.17, 15) is 0 Å². The van der Waals surface area contributed by atoms with Crippen LogP contribution in [0.4, 0.5) is 0 Å². The summed E-state index contributed by atoms with van der Waals surface area (Å²) >= 11 is 4.99. The minimum atomic E-state index is 0.221. The number of benzene rings is 1. The number of thiocarbonyl (C=S) groups is 1. The van der Waals surface area contributed by atoms with Crippen LogP contribution in [0, 0.1) is 5.92 Å². The van der Waals surface area contributed by atoms with E-state index in [1.165, 1.54) is 0 Å². The van der Waals surface area contributed by atoms with E-state index >= 15 is 0 Å². The summed E-state index contributed by atoms with van der Waals surface area (Å²) < 4.78 is 11.2. The van der Waals surface area contributed by atoms with Gasteiger partial charge in [-0.2, -0.15) is 0 Å². The lowest BCUT2D eigenvalue weighted by Gasteiger charge is -2.17. The van der Waals surface area contributed by atoms with Crippen molar-refractivity contribution in [1.82, 2.24) is 0 Å². The summed E-state index contributed by atoms with van der Waals surface area (Å²) in [5, 5.41) is 0. The molecule has 1 aromatic carbocycles. The molecule has 106 valence electrons. The third kappa shape index (κ3) is 5.17. The number of hydrogen-bond acceptors (Lipinski definition) is 3. The highest BCUT2D eigenvalue weighted by Gasteiger charge is 2.10. The molecule has 1 aromatic rings. The Morgan fingerprint density at radius 1 is 1.32 bits per heavy atom. The second-order valence-electron chi connectivity index (χ2n) is 5.14. The van der Waals surface area contributed by atoms with Crippen molar-refractivity contribution in [2.24, 2.45) is 11.7 Å². The van der Waals surface area contributed by atoms with Crippen molar-refractivity contribution in [3.63, 3.8) is 0 Å². The van der Waals surface area contributed by atoms with Crippen LogP contribution in [0.1, 0.15) is 38.3 Å². The molecule has 1 rings (SSSR count). The topological polar surface area (TPSA) is 44.5 Å². The maximum atomic E-state index is 5.85. The number of rotatable bonds is 7. The van der Waals surface area contributed by atoms with Gasteiger partial charge in [-0.05, 0) is 37.5 Å². The van der Waals surface area contributed by atoms with Gasteiger partial charge in [-0.25, -0.2) is 0 Å². The van der Waals surface area contributed by atoms with Gasteiger partial charge in [-0.3, -0.25) is 0 Å². The highest BCUT2D eigenvalue weighted by atomic mass is 32.1. The van der Waals surface area contributed by atoms with Crippen LogP contribution in [0.3, 0.4) is 0 Å². The molecular formula is C15H23NO2S. The molecule has 0 saturated heterocycles. The third-order valence-electron chi connectivity index (χ3n) is 2.89. The van der Waals surface area contributed by atoms with E-state index < -0.39 is 0 Å². The van der Waals surface area contributed by atoms with Gasteiger partial charge in [0.25, 0.3) is 0 Å². The van der Waals surface area contributed by atoms with E-state index in [2.05, 4.69) is 20.8 Å². The number of hydrogen-bond donors (Lipinski definition) is 1. The fraction of sp³-hybridized carbons (Fsp3) is 0.533. The average molecular weight is 281 g/mol. The quantitative estimate of drug-likeness (QED) is 0.779. The SMILES string of the molecule is COc1ccc(C(N)=S)cc1COC(C)CC(C)C. The molecule has 0 spiro atoms. The molecule has 0 fully saturated rings. The predicted molar refractivity (Wildman–Crippen MR) is 82.6 cm³/mol. The fourth-order valence-electron chi connectivity index (χ4n) is 2.01. The molecule has 0 amide bonds. The standard InChI is InChI=1S/C15H23NO2S/c1-10(2)7-11(3)18-9-13-8-12(15(16)19)5-6-14(13)17-4/h5-6,8,10-11H,7,9H2,1-4H3,(H2,16,19).